The van der Waals surface area contributed by atoms with Crippen LogP contribution in [0.15, 0.2) is 35.9 Å². The molecule has 1 heterocycles. The van der Waals surface area contributed by atoms with Gasteiger partial charge in [-0.15, -0.1) is 0 Å². The predicted molar refractivity (Wildman–Crippen MR) is 93.0 cm³/mol. The number of fused-ring (bicyclic) bond motifs is 1. The van der Waals surface area contributed by atoms with Gasteiger partial charge in [0.1, 0.15) is 22.8 Å². The second-order valence-corrected chi connectivity index (χ2v) is 6.53. The van der Waals surface area contributed by atoms with E-state index in [0.29, 0.717) is 17.5 Å². The van der Waals surface area contributed by atoms with Gasteiger partial charge in [0.15, 0.2) is 6.10 Å². The number of rotatable bonds is 3. The summed E-state index contributed by atoms with van der Waals surface area (Å²) < 4.78 is 5.36. The van der Waals surface area contributed by atoms with Gasteiger partial charge in [-0.1, -0.05) is 23.8 Å². The highest BCUT2D eigenvalue weighted by Crippen LogP contribution is 2.47. The van der Waals surface area contributed by atoms with Crippen molar-refractivity contribution < 1.29 is 24.9 Å². The second kappa shape index (κ2) is 6.16. The topological polar surface area (TPSA) is 87.0 Å². The maximum atomic E-state index is 12.1. The smallest absolute Gasteiger partial charge is 0.343 e. The molecule has 2 aromatic rings. The molecule has 3 rings (SSSR count). The summed E-state index contributed by atoms with van der Waals surface area (Å²) in [4.78, 5) is 12.1. The number of aromatic hydroxyl groups is 3. The summed E-state index contributed by atoms with van der Waals surface area (Å²) in [7, 11) is 0. The molecule has 0 saturated carbocycles. The highest BCUT2D eigenvalue weighted by atomic mass is 16.6. The third kappa shape index (κ3) is 2.93. The summed E-state index contributed by atoms with van der Waals surface area (Å²) in [6, 6.07) is 6.31. The van der Waals surface area contributed by atoms with Crippen LogP contribution in [-0.2, 0) is 11.2 Å². The number of allylic oxidation sites excluding steroid dienone is 2. The summed E-state index contributed by atoms with van der Waals surface area (Å²) >= 11 is 0. The fourth-order valence-electron chi connectivity index (χ4n) is 3.05. The third-order valence-electron chi connectivity index (χ3n) is 4.27. The molecule has 0 radical (unpaired) electrons. The Morgan fingerprint density at radius 3 is 2.56 bits per heavy atom. The molecule has 130 valence electrons. The Labute approximate surface area is 145 Å². The molecule has 0 bridgehead atoms. The lowest BCUT2D eigenvalue weighted by Gasteiger charge is -2.17. The summed E-state index contributed by atoms with van der Waals surface area (Å²) in [6.45, 7) is 5.70. The molecule has 2 aromatic carbocycles. The lowest BCUT2D eigenvalue weighted by Crippen LogP contribution is -2.03. The van der Waals surface area contributed by atoms with Gasteiger partial charge in [-0.05, 0) is 50.5 Å². The molecule has 1 aliphatic rings. The second-order valence-electron chi connectivity index (χ2n) is 6.53. The van der Waals surface area contributed by atoms with Crippen molar-refractivity contribution in [3.63, 3.8) is 0 Å². The van der Waals surface area contributed by atoms with Gasteiger partial charge >= 0.3 is 5.97 Å². The minimum Gasteiger partial charge on any atom is -0.507 e. The number of hydrogen-bond donors (Lipinski definition) is 3. The normalized spacial score (nSPS) is 15.6. The van der Waals surface area contributed by atoms with Gasteiger partial charge in [0.2, 0.25) is 0 Å². The monoisotopic (exact) mass is 340 g/mol. The maximum absolute atomic E-state index is 12.1. The van der Waals surface area contributed by atoms with E-state index in [-0.39, 0.29) is 28.4 Å². The largest absolute Gasteiger partial charge is 0.507 e. The van der Waals surface area contributed by atoms with Crippen LogP contribution in [0.25, 0.3) is 0 Å². The number of benzene rings is 2. The highest BCUT2D eigenvalue weighted by Gasteiger charge is 2.38. The van der Waals surface area contributed by atoms with Crippen LogP contribution in [0.1, 0.15) is 52.6 Å². The lowest BCUT2D eigenvalue weighted by molar-refractivity contribution is 0.0448. The highest BCUT2D eigenvalue weighted by molar-refractivity contribution is 5.97. The molecule has 1 atom stereocenters. The Hall–Kier alpha value is -2.95. The Kier molecular flexibility index (Phi) is 4.17. The quantitative estimate of drug-likeness (QED) is 0.583. The summed E-state index contributed by atoms with van der Waals surface area (Å²) in [5.74, 6) is -1.11. The molecule has 0 aromatic heterocycles. The third-order valence-corrected chi connectivity index (χ3v) is 4.27. The van der Waals surface area contributed by atoms with E-state index in [1.165, 1.54) is 12.1 Å². The Bertz CT molecular complexity index is 891. The lowest BCUT2D eigenvalue weighted by atomic mass is 9.93. The van der Waals surface area contributed by atoms with Gasteiger partial charge in [0.05, 0.1) is 5.56 Å². The zero-order chi connectivity index (χ0) is 18.3. The average molecular weight is 340 g/mol. The first-order valence-electron chi connectivity index (χ1n) is 8.01. The molecular weight excluding hydrogens is 320 g/mol. The zero-order valence-electron chi connectivity index (χ0n) is 14.3. The number of aryl methyl sites for hydroxylation is 1. The molecule has 0 aliphatic carbocycles. The fourth-order valence-corrected chi connectivity index (χ4v) is 3.05. The van der Waals surface area contributed by atoms with Crippen molar-refractivity contribution >= 4 is 5.97 Å². The van der Waals surface area contributed by atoms with Crippen LogP contribution in [-0.4, -0.2) is 21.3 Å². The van der Waals surface area contributed by atoms with Crippen molar-refractivity contribution in [1.29, 1.82) is 0 Å². The Morgan fingerprint density at radius 2 is 1.88 bits per heavy atom. The summed E-state index contributed by atoms with van der Waals surface area (Å²) in [6.07, 6.45) is 1.49. The van der Waals surface area contributed by atoms with E-state index in [1.54, 1.807) is 19.1 Å². The van der Waals surface area contributed by atoms with E-state index >= 15 is 0 Å². The number of ether oxygens (including phenoxy) is 1. The van der Waals surface area contributed by atoms with Crippen LogP contribution < -0.4 is 0 Å². The molecule has 5 heteroatoms. The minimum atomic E-state index is -0.958. The standard InChI is InChI=1S/C20H20O5/c1-10(2)4-5-12-6-7-14(21)17(18(12)23)19-13-8-11(3)9-15(22)16(13)20(24)25-19/h4,6-9,19,21-23H,5H2,1-3H3/t19-/m0/s1. The van der Waals surface area contributed by atoms with Gasteiger partial charge in [0, 0.05) is 5.56 Å². The van der Waals surface area contributed by atoms with E-state index < -0.39 is 12.1 Å². The van der Waals surface area contributed by atoms with Crippen molar-refractivity contribution in [1.82, 2.24) is 0 Å². The van der Waals surface area contributed by atoms with Crippen LogP contribution >= 0.6 is 0 Å². The molecule has 0 saturated heterocycles. The van der Waals surface area contributed by atoms with E-state index in [0.717, 1.165) is 11.1 Å². The molecular formula is C20H20O5. The van der Waals surface area contributed by atoms with Gasteiger partial charge in [0.25, 0.3) is 0 Å². The summed E-state index contributed by atoms with van der Waals surface area (Å²) in [5.41, 5.74) is 3.12. The van der Waals surface area contributed by atoms with E-state index in [9.17, 15) is 20.1 Å². The number of hydrogen-bond acceptors (Lipinski definition) is 5. The molecule has 0 spiro atoms. The van der Waals surface area contributed by atoms with Crippen LogP contribution in [0.2, 0.25) is 0 Å². The van der Waals surface area contributed by atoms with Gasteiger partial charge < -0.3 is 20.1 Å². The number of phenolic OH excluding ortho intramolecular Hbond substituents is 3. The van der Waals surface area contributed by atoms with Crippen molar-refractivity contribution in [2.24, 2.45) is 0 Å². The zero-order valence-corrected chi connectivity index (χ0v) is 14.3. The number of carbonyl (C=O) groups is 1. The number of phenols is 3. The van der Waals surface area contributed by atoms with E-state index in [4.69, 9.17) is 4.74 Å². The van der Waals surface area contributed by atoms with Gasteiger partial charge in [-0.25, -0.2) is 4.79 Å². The molecule has 25 heavy (non-hydrogen) atoms. The number of cyclic esters (lactones) is 1. The van der Waals surface area contributed by atoms with Crippen LogP contribution in [0.4, 0.5) is 0 Å². The predicted octanol–water partition coefficient (Wildman–Crippen LogP) is 3.88. The van der Waals surface area contributed by atoms with Crippen molar-refractivity contribution in [2.45, 2.75) is 33.3 Å². The summed E-state index contributed by atoms with van der Waals surface area (Å²) in [5, 5.41) is 31.0. The van der Waals surface area contributed by atoms with Gasteiger partial charge in [-0.3, -0.25) is 0 Å². The Morgan fingerprint density at radius 1 is 1.16 bits per heavy atom. The van der Waals surface area contributed by atoms with Gasteiger partial charge in [-0.2, -0.15) is 0 Å². The van der Waals surface area contributed by atoms with Crippen molar-refractivity contribution in [2.75, 3.05) is 0 Å². The average Bonchev–Trinajstić information content (AvgIpc) is 2.83. The van der Waals surface area contributed by atoms with Crippen LogP contribution in [0.5, 0.6) is 17.2 Å². The van der Waals surface area contributed by atoms with Crippen LogP contribution in [0.3, 0.4) is 0 Å². The van der Waals surface area contributed by atoms with Crippen LogP contribution in [0, 0.1) is 6.92 Å². The molecule has 3 N–H and O–H groups in total. The van der Waals surface area contributed by atoms with Crippen molar-refractivity contribution in [3.8, 4) is 17.2 Å². The fraction of sp³-hybridized carbons (Fsp3) is 0.250. The number of carbonyl (C=O) groups excluding carboxylic acids is 1. The van der Waals surface area contributed by atoms with E-state index in [1.807, 2.05) is 19.9 Å². The Balaban J connectivity index is 2.15. The molecule has 0 amide bonds. The first-order chi connectivity index (χ1) is 11.8. The number of esters is 1. The van der Waals surface area contributed by atoms with Crippen molar-refractivity contribution in [3.05, 3.63) is 63.7 Å². The first-order valence-corrected chi connectivity index (χ1v) is 8.01. The molecule has 0 fully saturated rings. The molecule has 0 unspecified atom stereocenters. The first kappa shape index (κ1) is 16.9. The maximum Gasteiger partial charge on any atom is 0.343 e. The molecule has 1 aliphatic heterocycles. The van der Waals surface area contributed by atoms with E-state index in [2.05, 4.69) is 0 Å². The SMILES string of the molecule is CC(C)=CCc1ccc(O)c([C@H]2OC(=O)c3c(O)cc(C)cc32)c1O. The minimum absolute atomic E-state index is 0.0732. The molecule has 5 nitrogen and oxygen atoms in total.